The second-order valence-corrected chi connectivity index (χ2v) is 5.29. The van der Waals surface area contributed by atoms with Crippen molar-refractivity contribution in [2.45, 2.75) is 18.1 Å². The van der Waals surface area contributed by atoms with Gasteiger partial charge in [-0.2, -0.15) is 5.26 Å². The van der Waals surface area contributed by atoms with Crippen molar-refractivity contribution >= 4 is 23.4 Å². The summed E-state index contributed by atoms with van der Waals surface area (Å²) in [6.07, 6.45) is -2.03. The third kappa shape index (κ3) is 2.74. The van der Waals surface area contributed by atoms with Crippen molar-refractivity contribution in [1.29, 1.82) is 5.26 Å². The van der Waals surface area contributed by atoms with Gasteiger partial charge in [0.15, 0.2) is 0 Å². The van der Waals surface area contributed by atoms with E-state index in [1.807, 2.05) is 6.07 Å². The maximum atomic E-state index is 11.2. The molecule has 7 nitrogen and oxygen atoms in total. The first-order valence-corrected chi connectivity index (χ1v) is 6.68. The predicted molar refractivity (Wildman–Crippen MR) is 76.9 cm³/mol. The first-order valence-electron chi connectivity index (χ1n) is 6.30. The van der Waals surface area contributed by atoms with Gasteiger partial charge in [-0.05, 0) is 25.1 Å². The lowest BCUT2D eigenvalue weighted by molar-refractivity contribution is 0.0326. The Morgan fingerprint density at radius 2 is 2.33 bits per heavy atom. The minimum atomic E-state index is -1.30. The smallest absolute Gasteiger partial charge is 0.405 e. The zero-order valence-corrected chi connectivity index (χ0v) is 11.8. The number of hydrogen-bond donors (Lipinski definition) is 5. The van der Waals surface area contributed by atoms with Gasteiger partial charge in [-0.15, -0.1) is 0 Å². The summed E-state index contributed by atoms with van der Waals surface area (Å²) in [6, 6.07) is 4.82. The van der Waals surface area contributed by atoms with Crippen molar-refractivity contribution in [2.75, 3.05) is 18.8 Å². The number of nitrogens with one attached hydrogen (secondary N) is 2. The van der Waals surface area contributed by atoms with Gasteiger partial charge in [-0.1, -0.05) is 11.6 Å². The van der Waals surface area contributed by atoms with Gasteiger partial charge >= 0.3 is 6.09 Å². The molecule has 8 heteroatoms. The predicted octanol–water partition coefficient (Wildman–Crippen LogP) is 0.611. The fourth-order valence-electron chi connectivity index (χ4n) is 2.62. The molecule has 1 aliphatic rings. The lowest BCUT2D eigenvalue weighted by Crippen LogP contribution is -2.61. The van der Waals surface area contributed by atoms with Crippen LogP contribution in [0.1, 0.15) is 17.5 Å². The summed E-state index contributed by atoms with van der Waals surface area (Å²) >= 11 is 6.19. The van der Waals surface area contributed by atoms with E-state index in [-0.39, 0.29) is 29.2 Å². The molecule has 2 rings (SSSR count). The molecule has 112 valence electrons. The Morgan fingerprint density at radius 3 is 2.90 bits per heavy atom. The molecule has 0 saturated carbocycles. The topological polar surface area (TPSA) is 131 Å². The summed E-state index contributed by atoms with van der Waals surface area (Å²) in [4.78, 5) is 11.2. The molecule has 21 heavy (non-hydrogen) atoms. The average Bonchev–Trinajstić information content (AvgIpc) is 2.43. The number of nitrogens with zero attached hydrogens (tertiary/aromatic N) is 1. The number of nitriles is 1. The number of carbonyl (C=O) groups is 1. The van der Waals surface area contributed by atoms with Crippen molar-refractivity contribution in [3.05, 3.63) is 28.3 Å². The van der Waals surface area contributed by atoms with Crippen LogP contribution in [0, 0.1) is 11.3 Å². The lowest BCUT2D eigenvalue weighted by Gasteiger charge is -2.42. The van der Waals surface area contributed by atoms with Crippen LogP contribution in [0.25, 0.3) is 0 Å². The lowest BCUT2D eigenvalue weighted by atomic mass is 9.78. The molecule has 0 aliphatic carbocycles. The Bertz CT molecular complexity index is 616. The zero-order chi connectivity index (χ0) is 15.6. The second kappa shape index (κ2) is 5.77. The first-order chi connectivity index (χ1) is 9.90. The molecule has 0 bridgehead atoms. The maximum Gasteiger partial charge on any atom is 0.405 e. The van der Waals surface area contributed by atoms with Crippen LogP contribution in [0.2, 0.25) is 5.02 Å². The number of rotatable bonds is 2. The van der Waals surface area contributed by atoms with E-state index in [1.54, 1.807) is 0 Å². The van der Waals surface area contributed by atoms with E-state index in [2.05, 4.69) is 10.6 Å². The molecular weight excluding hydrogens is 296 g/mol. The van der Waals surface area contributed by atoms with Crippen LogP contribution in [0.4, 0.5) is 10.5 Å². The third-order valence-electron chi connectivity index (χ3n) is 3.64. The highest BCUT2D eigenvalue weighted by Crippen LogP contribution is 2.38. The summed E-state index contributed by atoms with van der Waals surface area (Å²) in [6.45, 7) is 0.692. The number of piperidine rings is 1. The van der Waals surface area contributed by atoms with Gasteiger partial charge in [-0.25, -0.2) is 4.79 Å². The largest absolute Gasteiger partial charge is 0.465 e. The van der Waals surface area contributed by atoms with Crippen LogP contribution in [-0.4, -0.2) is 35.5 Å². The van der Waals surface area contributed by atoms with E-state index in [0.29, 0.717) is 12.1 Å². The van der Waals surface area contributed by atoms with Crippen LogP contribution in [0.3, 0.4) is 0 Å². The molecule has 0 unspecified atom stereocenters. The Kier molecular flexibility index (Phi) is 4.23. The molecule has 1 saturated heterocycles. The van der Waals surface area contributed by atoms with E-state index in [1.165, 1.54) is 12.1 Å². The van der Waals surface area contributed by atoms with Gasteiger partial charge in [0.05, 0.1) is 34.0 Å². The summed E-state index contributed by atoms with van der Waals surface area (Å²) in [5, 5.41) is 34.0. The number of anilines is 1. The van der Waals surface area contributed by atoms with Crippen molar-refractivity contribution in [1.82, 2.24) is 10.6 Å². The number of aliphatic hydroxyl groups excluding tert-OH is 1. The van der Waals surface area contributed by atoms with Crippen molar-refractivity contribution in [2.24, 2.45) is 0 Å². The Morgan fingerprint density at radius 1 is 1.62 bits per heavy atom. The molecule has 0 spiro atoms. The average molecular weight is 311 g/mol. The van der Waals surface area contributed by atoms with E-state index >= 15 is 0 Å². The van der Waals surface area contributed by atoms with Crippen LogP contribution >= 0.6 is 11.6 Å². The molecule has 1 fully saturated rings. The summed E-state index contributed by atoms with van der Waals surface area (Å²) in [5.41, 5.74) is 5.23. The van der Waals surface area contributed by atoms with Gasteiger partial charge < -0.3 is 26.6 Å². The number of carboxylic acid groups (broad SMARTS) is 1. The minimum Gasteiger partial charge on any atom is -0.465 e. The molecule has 1 amide bonds. The fraction of sp³-hybridized carbons (Fsp3) is 0.385. The highest BCUT2D eigenvalue weighted by Gasteiger charge is 2.44. The molecule has 0 radical (unpaired) electrons. The van der Waals surface area contributed by atoms with E-state index in [4.69, 9.17) is 27.7 Å². The minimum absolute atomic E-state index is 0.142. The summed E-state index contributed by atoms with van der Waals surface area (Å²) < 4.78 is 0. The van der Waals surface area contributed by atoms with E-state index in [9.17, 15) is 9.90 Å². The molecule has 1 aliphatic heterocycles. The zero-order valence-electron chi connectivity index (χ0n) is 11.1. The van der Waals surface area contributed by atoms with Crippen molar-refractivity contribution in [3.63, 3.8) is 0 Å². The Labute approximate surface area is 126 Å². The third-order valence-corrected chi connectivity index (χ3v) is 4.06. The van der Waals surface area contributed by atoms with Gasteiger partial charge in [0.1, 0.15) is 0 Å². The highest BCUT2D eigenvalue weighted by molar-refractivity contribution is 6.34. The molecule has 1 aromatic rings. The molecule has 1 heterocycles. The first kappa shape index (κ1) is 15.4. The number of nitrogens with two attached hydrogens (primary N) is 1. The van der Waals surface area contributed by atoms with Crippen molar-refractivity contribution in [3.8, 4) is 6.07 Å². The molecule has 0 aromatic heterocycles. The van der Waals surface area contributed by atoms with Crippen LogP contribution < -0.4 is 16.4 Å². The van der Waals surface area contributed by atoms with Crippen LogP contribution in [-0.2, 0) is 5.54 Å². The van der Waals surface area contributed by atoms with Gasteiger partial charge in [-0.3, -0.25) is 0 Å². The van der Waals surface area contributed by atoms with Crippen LogP contribution in [0.15, 0.2) is 12.1 Å². The Balaban J connectivity index is 2.64. The number of hydrogen-bond acceptors (Lipinski definition) is 5. The van der Waals surface area contributed by atoms with Crippen LogP contribution in [0.5, 0.6) is 0 Å². The number of halogens is 1. The fourth-order valence-corrected chi connectivity index (χ4v) is 2.90. The molecular formula is C13H15ClN4O3. The summed E-state index contributed by atoms with van der Waals surface area (Å²) in [7, 11) is 0. The number of amides is 1. The van der Waals surface area contributed by atoms with E-state index < -0.39 is 17.7 Å². The highest BCUT2D eigenvalue weighted by atomic mass is 35.5. The monoisotopic (exact) mass is 310 g/mol. The molecule has 2 atom stereocenters. The molecule has 6 N–H and O–H groups in total. The Hall–Kier alpha value is -2.01. The van der Waals surface area contributed by atoms with Gasteiger partial charge in [0.2, 0.25) is 0 Å². The maximum absolute atomic E-state index is 11.2. The quantitative estimate of drug-likeness (QED) is 0.509. The SMILES string of the molecule is N#Cc1cc(N)c(Cl)c([C@]2(NC(=O)O)CCNC[C@H]2O)c1. The molecule has 1 aromatic carbocycles. The standard InChI is InChI=1S/C13H15ClN4O3/c14-11-8(3-7(5-15)4-9(11)16)13(18-12(20)21)1-2-17-6-10(13)19/h3-4,10,17-19H,1-2,6,16H2,(H,20,21)/t10-,13-/m1/s1. The van der Waals surface area contributed by atoms with E-state index in [0.717, 1.165) is 0 Å². The number of β-amino-alcohol motifs (C(OH)–C–C–N with tert-alkyl or cyclic N) is 1. The van der Waals surface area contributed by atoms with Gasteiger partial charge in [0.25, 0.3) is 0 Å². The summed E-state index contributed by atoms with van der Waals surface area (Å²) in [5.74, 6) is 0. The number of aliphatic hydroxyl groups is 1. The second-order valence-electron chi connectivity index (χ2n) is 4.91. The normalized spacial score (nSPS) is 25.1. The number of benzene rings is 1. The number of nitrogen functional groups attached to an aromatic ring is 1. The van der Waals surface area contributed by atoms with Crippen molar-refractivity contribution < 1.29 is 15.0 Å². The van der Waals surface area contributed by atoms with Gasteiger partial charge in [0, 0.05) is 12.1 Å².